The van der Waals surface area contributed by atoms with Gasteiger partial charge in [-0.05, 0) is 37.1 Å². The van der Waals surface area contributed by atoms with E-state index in [-0.39, 0.29) is 6.03 Å². The molecule has 3 heterocycles. The number of carbonyl (C=O) groups excluding carboxylic acids is 1. The van der Waals surface area contributed by atoms with Gasteiger partial charge in [-0.25, -0.2) is 23.0 Å². The minimum atomic E-state index is -6.09. The van der Waals surface area contributed by atoms with Crippen molar-refractivity contribution >= 4 is 33.5 Å². The Bertz CT molecular complexity index is 2200. The lowest BCUT2D eigenvalue weighted by Gasteiger charge is -2.16. The summed E-state index contributed by atoms with van der Waals surface area (Å²) in [5.74, 6) is -2.06. The molecule has 0 aliphatic carbocycles. The molecule has 1 aliphatic rings. The number of unbranched alkanes of at least 4 members (excludes halogenated alkanes) is 1. The number of nitrogens with one attached hydrogen (secondary N) is 1. The van der Waals surface area contributed by atoms with Crippen LogP contribution < -0.4 is 20.5 Å². The summed E-state index contributed by atoms with van der Waals surface area (Å²) in [5.41, 5.74) is 6.11. The summed E-state index contributed by atoms with van der Waals surface area (Å²) in [4.78, 5) is 29.1. The number of alkyl halides is 6. The Morgan fingerprint density at radius 2 is 1.62 bits per heavy atom. The van der Waals surface area contributed by atoms with E-state index in [0.29, 0.717) is 38.5 Å². The van der Waals surface area contributed by atoms with Gasteiger partial charge in [0.05, 0.1) is 27.9 Å². The van der Waals surface area contributed by atoms with E-state index in [1.807, 2.05) is 46.7 Å². The summed E-state index contributed by atoms with van der Waals surface area (Å²) in [5, 5.41) is 15.6. The number of rotatable bonds is 12. The molecule has 1 saturated heterocycles. The number of aliphatic carboxylic acids is 1. The number of nitrogens with zero attached hydrogens (tertiary/aromatic N) is 5. The van der Waals surface area contributed by atoms with Crippen LogP contribution in [0.1, 0.15) is 18.5 Å². The fraction of sp³-hybridized carbons (Fsp3) is 0.306. The molecular weight excluding hydrogens is 821 g/mol. The van der Waals surface area contributed by atoms with Gasteiger partial charge in [-0.2, -0.15) is 26.3 Å². The quantitative estimate of drug-likeness (QED) is 0.0472. The molecule has 58 heavy (non-hydrogen) atoms. The highest BCUT2D eigenvalue weighted by Gasteiger charge is 2.38. The van der Waals surface area contributed by atoms with Crippen LogP contribution in [0.2, 0.25) is 0 Å². The third kappa shape index (κ3) is 12.5. The van der Waals surface area contributed by atoms with E-state index in [1.165, 1.54) is 0 Å². The minimum absolute atomic E-state index is 0.0521. The first-order valence-corrected chi connectivity index (χ1v) is 19.4. The maximum Gasteiger partial charge on any atom is 0.490 e. The largest absolute Gasteiger partial charge is 0.741 e. The van der Waals surface area contributed by atoms with Crippen molar-refractivity contribution in [2.45, 2.75) is 30.9 Å². The molecule has 0 spiro atoms. The number of aromatic nitrogens is 4. The van der Waals surface area contributed by atoms with E-state index in [1.54, 1.807) is 16.2 Å². The lowest BCUT2D eigenvalue weighted by atomic mass is 10.1. The Hall–Kier alpha value is -5.58. The summed E-state index contributed by atoms with van der Waals surface area (Å²) >= 11 is 1.65. The van der Waals surface area contributed by atoms with Crippen LogP contribution in [-0.4, -0.2) is 94.3 Å². The molecule has 0 atom stereocenters. The zero-order valence-electron chi connectivity index (χ0n) is 30.5. The van der Waals surface area contributed by atoms with Gasteiger partial charge in [-0.15, -0.1) is 20.7 Å². The lowest BCUT2D eigenvalue weighted by Crippen LogP contribution is -2.35. The van der Waals surface area contributed by atoms with Gasteiger partial charge in [0.1, 0.15) is 24.4 Å². The number of carboxylic acid groups (broad SMARTS) is 1. The number of carbonyl (C=O) groups is 2. The molecule has 0 bridgehead atoms. The van der Waals surface area contributed by atoms with Gasteiger partial charge >= 0.3 is 23.7 Å². The molecule has 4 N–H and O–H groups in total. The molecule has 22 heteroatoms. The van der Waals surface area contributed by atoms with Crippen LogP contribution in [-0.2, 0) is 28.4 Å². The van der Waals surface area contributed by atoms with E-state index >= 15 is 0 Å². The molecule has 312 valence electrons. The van der Waals surface area contributed by atoms with Crippen LogP contribution in [0.5, 0.6) is 5.75 Å². The van der Waals surface area contributed by atoms with Gasteiger partial charge in [-0.3, -0.25) is 0 Å². The number of halogens is 6. The summed E-state index contributed by atoms with van der Waals surface area (Å²) in [6, 6.07) is 26.7. The summed E-state index contributed by atoms with van der Waals surface area (Å²) in [6.45, 7) is 2.89. The predicted octanol–water partition coefficient (Wildman–Crippen LogP) is 5.52. The Morgan fingerprint density at radius 3 is 2.16 bits per heavy atom. The van der Waals surface area contributed by atoms with Crippen LogP contribution >= 0.6 is 11.3 Å². The molecule has 5 aromatic rings. The molecule has 0 unspecified atom stereocenters. The second-order valence-electron chi connectivity index (χ2n) is 12.2. The molecule has 2 amide bonds. The van der Waals surface area contributed by atoms with Crippen molar-refractivity contribution in [1.82, 2.24) is 25.1 Å². The molecule has 0 radical (unpaired) electrons. The molecule has 0 saturated carbocycles. The first-order valence-electron chi connectivity index (χ1n) is 17.2. The molecule has 1 aliphatic heterocycles. The third-order valence-corrected chi connectivity index (χ3v) is 9.77. The number of thiazole rings is 1. The van der Waals surface area contributed by atoms with Crippen molar-refractivity contribution in [2.75, 3.05) is 32.8 Å². The minimum Gasteiger partial charge on any atom is -0.741 e. The van der Waals surface area contributed by atoms with Gasteiger partial charge in [-0.1, -0.05) is 60.7 Å². The summed E-state index contributed by atoms with van der Waals surface area (Å²) in [7, 11) is -4.13. The van der Waals surface area contributed by atoms with Crippen LogP contribution in [0.3, 0.4) is 0 Å². The van der Waals surface area contributed by atoms with Crippen molar-refractivity contribution in [3.63, 3.8) is 0 Å². The monoisotopic (exact) mass is 857 g/mol. The zero-order chi connectivity index (χ0) is 42.7. The Labute approximate surface area is 332 Å². The number of benzene rings is 3. The van der Waals surface area contributed by atoms with Gasteiger partial charge in [0.15, 0.2) is 27.7 Å². The summed E-state index contributed by atoms with van der Waals surface area (Å²) < 4.78 is 101. The molecular formula is C36H37F6N7O7S2. The Kier molecular flexibility index (Phi) is 15.3. The van der Waals surface area contributed by atoms with Crippen molar-refractivity contribution < 1.29 is 63.4 Å². The number of hydrogen-bond donors (Lipinski definition) is 3. The van der Waals surface area contributed by atoms with E-state index < -0.39 is 27.8 Å². The molecule has 6 rings (SSSR count). The van der Waals surface area contributed by atoms with Crippen LogP contribution in [0, 0.1) is 0 Å². The number of urea groups is 1. The number of carboxylic acids is 1. The van der Waals surface area contributed by atoms with E-state index in [2.05, 4.69) is 60.0 Å². The standard InChI is InChI=1S/C33H35N7O2S.C2HF3O2.CHF3O3S/c1-38-27(14-8-9-17-34)23-40(37-38)26-15-16-28(29(22-26)42-21-20-39-19-18-35-33(39)41)32-36-30(24-10-4-2-5-11-24)31(43-32)25-12-6-3-7-13-25;3-2(4,5)1(6)7;2-1(3,4)8(5,6)7/h2-7,10-13,15-16,22-23H,8-9,14,17-21,34H2,1H3;(H,6,7);(H,5,6,7). The lowest BCUT2D eigenvalue weighted by molar-refractivity contribution is -0.738. The number of nitrogens with two attached hydrogens (primary N) is 1. The molecule has 14 nitrogen and oxygen atoms in total. The predicted molar refractivity (Wildman–Crippen MR) is 199 cm³/mol. The maximum atomic E-state index is 12.1. The molecule has 3 aromatic carbocycles. The smallest absolute Gasteiger partial charge is 0.490 e. The number of hydrogen-bond acceptors (Lipinski definition) is 10. The zero-order valence-corrected chi connectivity index (χ0v) is 32.2. The fourth-order valence-corrected chi connectivity index (χ4v) is 6.33. The molecule has 1 fully saturated rings. The maximum absolute atomic E-state index is 12.1. The Balaban J connectivity index is 0.000000422. The average Bonchev–Trinajstić information content (AvgIpc) is 3.90. The van der Waals surface area contributed by atoms with Gasteiger partial charge in [0.2, 0.25) is 0 Å². The SMILES string of the molecule is C[n+]1nn(-c2ccc(-c3nc(-c4ccccc4)c(-c4ccccc4)s3)c(OCCN3CCNC3=O)c2)cc1CCCCN.O=C(O)C(F)(F)F.O=S(=O)([O-])C(F)(F)F. The topological polar surface area (TPSA) is 197 Å². The van der Waals surface area contributed by atoms with Crippen molar-refractivity contribution in [1.29, 1.82) is 0 Å². The Morgan fingerprint density at radius 1 is 1.02 bits per heavy atom. The van der Waals surface area contributed by atoms with Crippen LogP contribution in [0.4, 0.5) is 31.1 Å². The number of ether oxygens (including phenoxy) is 1. The second-order valence-corrected chi connectivity index (χ2v) is 14.6. The van der Waals surface area contributed by atoms with Crippen molar-refractivity contribution in [3.8, 4) is 43.7 Å². The highest BCUT2D eigenvalue weighted by Crippen LogP contribution is 2.43. The fourth-order valence-electron chi connectivity index (χ4n) is 5.21. The number of aryl methyl sites for hydroxylation is 2. The normalized spacial score (nSPS) is 12.9. The van der Waals surface area contributed by atoms with Gasteiger partial charge in [0.25, 0.3) is 0 Å². The third-order valence-electron chi connectivity index (χ3n) is 8.06. The van der Waals surface area contributed by atoms with Gasteiger partial charge < -0.3 is 30.3 Å². The van der Waals surface area contributed by atoms with Crippen LogP contribution in [0.25, 0.3) is 38.0 Å². The highest BCUT2D eigenvalue weighted by molar-refractivity contribution is 7.86. The molecule has 2 aromatic heterocycles. The second kappa shape index (κ2) is 19.7. The number of amides is 2. The van der Waals surface area contributed by atoms with E-state index in [0.717, 1.165) is 62.9 Å². The first kappa shape index (κ1) is 45.1. The average molecular weight is 858 g/mol. The summed E-state index contributed by atoms with van der Waals surface area (Å²) in [6.07, 6.45) is -0.105. The van der Waals surface area contributed by atoms with Crippen molar-refractivity contribution in [2.24, 2.45) is 12.8 Å². The highest BCUT2D eigenvalue weighted by atomic mass is 32.2. The van der Waals surface area contributed by atoms with Crippen molar-refractivity contribution in [3.05, 3.63) is 90.8 Å². The van der Waals surface area contributed by atoms with Gasteiger partial charge in [0, 0.05) is 31.1 Å². The van der Waals surface area contributed by atoms with E-state index in [9.17, 15) is 31.1 Å². The van der Waals surface area contributed by atoms with Crippen LogP contribution in [0.15, 0.2) is 85.1 Å². The first-order chi connectivity index (χ1) is 27.3. The van der Waals surface area contributed by atoms with E-state index in [4.69, 9.17) is 43.5 Å².